The van der Waals surface area contributed by atoms with E-state index in [1.807, 2.05) is 11.8 Å². The van der Waals surface area contributed by atoms with E-state index in [9.17, 15) is 0 Å². The Balaban J connectivity index is 2.06. The first-order valence-electron chi connectivity index (χ1n) is 4.34. The first kappa shape index (κ1) is 10.0. The van der Waals surface area contributed by atoms with Crippen molar-refractivity contribution in [2.45, 2.75) is 12.3 Å². The van der Waals surface area contributed by atoms with Gasteiger partial charge in [0.1, 0.15) is 0 Å². The Hall–Kier alpha value is 0.490. The molecule has 0 spiro atoms. The molecule has 1 fully saturated rings. The molecule has 0 amide bonds. The van der Waals surface area contributed by atoms with Crippen molar-refractivity contribution in [3.05, 3.63) is 20.8 Å². The molecule has 1 N–H and O–H groups in total. The second-order valence-electron chi connectivity index (χ2n) is 3.40. The van der Waals surface area contributed by atoms with Crippen molar-refractivity contribution in [2.75, 3.05) is 12.3 Å². The van der Waals surface area contributed by atoms with Crippen LogP contribution in [0, 0.1) is 5.92 Å². The Morgan fingerprint density at radius 3 is 2.92 bits per heavy atom. The molecule has 0 bridgehead atoms. The molecular formula is C9H12BrNS2. The molecule has 1 aliphatic heterocycles. The van der Waals surface area contributed by atoms with Crippen LogP contribution in [0.25, 0.3) is 0 Å². The van der Waals surface area contributed by atoms with E-state index in [1.165, 1.54) is 15.8 Å². The lowest BCUT2D eigenvalue weighted by molar-refractivity contribution is 0.529. The summed E-state index contributed by atoms with van der Waals surface area (Å²) < 4.78 is 1.25. The molecule has 2 rings (SSSR count). The summed E-state index contributed by atoms with van der Waals surface area (Å²) >= 11 is 7.34. The van der Waals surface area contributed by atoms with E-state index < -0.39 is 0 Å². The maximum Gasteiger partial charge on any atom is 0.0808 e. The summed E-state index contributed by atoms with van der Waals surface area (Å²) in [6.07, 6.45) is 0. The highest BCUT2D eigenvalue weighted by Gasteiger charge is 2.21. The summed E-state index contributed by atoms with van der Waals surface area (Å²) in [4.78, 5) is 0. The largest absolute Gasteiger partial charge is 0.301 e. The fraction of sp³-hybridized carbons (Fsp3) is 0.556. The van der Waals surface area contributed by atoms with Gasteiger partial charge in [0.25, 0.3) is 0 Å². The molecule has 0 aliphatic carbocycles. The minimum atomic E-state index is 0.497. The summed E-state index contributed by atoms with van der Waals surface area (Å²) in [6.45, 7) is 3.43. The van der Waals surface area contributed by atoms with E-state index in [4.69, 9.17) is 0 Å². The van der Waals surface area contributed by atoms with Gasteiger partial charge in [-0.25, -0.2) is 0 Å². The first-order valence-corrected chi connectivity index (χ1v) is 7.12. The zero-order valence-electron chi connectivity index (χ0n) is 7.42. The van der Waals surface area contributed by atoms with Gasteiger partial charge in [-0.15, -0.1) is 11.8 Å². The molecule has 0 radical (unpaired) electrons. The predicted molar refractivity (Wildman–Crippen MR) is 64.4 cm³/mol. The maximum absolute atomic E-state index is 3.57. The van der Waals surface area contributed by atoms with Crippen LogP contribution in [0.3, 0.4) is 0 Å². The van der Waals surface area contributed by atoms with Crippen LogP contribution in [-0.2, 0) is 0 Å². The Labute approximate surface area is 95.4 Å². The van der Waals surface area contributed by atoms with Crippen molar-refractivity contribution >= 4 is 39.0 Å². The summed E-state index contributed by atoms with van der Waals surface area (Å²) in [6, 6.07) is 0. The number of thiophene rings is 1. The van der Waals surface area contributed by atoms with Gasteiger partial charge in [0.2, 0.25) is 0 Å². The number of rotatable bonds is 1. The SMILES string of the molecule is CC1CNC(c2cscc2Br)SC1. The normalized spacial score (nSPS) is 29.1. The second kappa shape index (κ2) is 4.34. The van der Waals surface area contributed by atoms with Gasteiger partial charge in [0.05, 0.1) is 5.37 Å². The fourth-order valence-corrected chi connectivity index (χ4v) is 4.38. The lowest BCUT2D eigenvalue weighted by atomic mass is 10.2. The van der Waals surface area contributed by atoms with E-state index in [0.29, 0.717) is 5.37 Å². The Morgan fingerprint density at radius 2 is 2.38 bits per heavy atom. The Morgan fingerprint density at radius 1 is 1.54 bits per heavy atom. The number of thioether (sulfide) groups is 1. The number of nitrogens with one attached hydrogen (secondary N) is 1. The van der Waals surface area contributed by atoms with Crippen molar-refractivity contribution in [1.29, 1.82) is 0 Å². The van der Waals surface area contributed by atoms with E-state index in [0.717, 1.165) is 12.5 Å². The van der Waals surface area contributed by atoms with Gasteiger partial charge in [-0.05, 0) is 39.5 Å². The summed E-state index contributed by atoms with van der Waals surface area (Å²) in [5.74, 6) is 2.07. The van der Waals surface area contributed by atoms with Gasteiger partial charge in [-0.2, -0.15) is 11.3 Å². The molecule has 4 heteroatoms. The molecule has 2 heterocycles. The number of halogens is 1. The highest BCUT2D eigenvalue weighted by Crippen LogP contribution is 2.36. The molecule has 1 aliphatic rings. The van der Waals surface area contributed by atoms with Crippen LogP contribution in [0.4, 0.5) is 0 Å². The Bertz CT molecular complexity index is 279. The Kier molecular flexibility index (Phi) is 3.35. The van der Waals surface area contributed by atoms with Gasteiger partial charge in [0.15, 0.2) is 0 Å². The molecule has 1 aromatic heterocycles. The molecule has 72 valence electrons. The van der Waals surface area contributed by atoms with Crippen LogP contribution < -0.4 is 5.32 Å². The quantitative estimate of drug-likeness (QED) is 0.844. The maximum atomic E-state index is 3.57. The highest BCUT2D eigenvalue weighted by molar-refractivity contribution is 9.10. The van der Waals surface area contributed by atoms with Crippen molar-refractivity contribution in [2.24, 2.45) is 5.92 Å². The lowest BCUT2D eigenvalue weighted by Crippen LogP contribution is -2.31. The van der Waals surface area contributed by atoms with Gasteiger partial charge in [-0.3, -0.25) is 0 Å². The summed E-state index contributed by atoms with van der Waals surface area (Å²) in [5, 5.41) is 8.42. The minimum Gasteiger partial charge on any atom is -0.301 e. The average Bonchev–Trinajstić information content (AvgIpc) is 2.53. The lowest BCUT2D eigenvalue weighted by Gasteiger charge is -2.27. The topological polar surface area (TPSA) is 12.0 Å². The van der Waals surface area contributed by atoms with Crippen LogP contribution in [-0.4, -0.2) is 12.3 Å². The van der Waals surface area contributed by atoms with Crippen molar-refractivity contribution in [1.82, 2.24) is 5.32 Å². The number of hydrogen-bond acceptors (Lipinski definition) is 3. The second-order valence-corrected chi connectivity index (χ2v) is 6.14. The van der Waals surface area contributed by atoms with E-state index in [1.54, 1.807) is 11.3 Å². The van der Waals surface area contributed by atoms with Gasteiger partial charge < -0.3 is 5.32 Å². The molecule has 1 saturated heterocycles. The van der Waals surface area contributed by atoms with E-state index >= 15 is 0 Å². The van der Waals surface area contributed by atoms with E-state index in [-0.39, 0.29) is 0 Å². The molecular weight excluding hydrogens is 266 g/mol. The van der Waals surface area contributed by atoms with Crippen molar-refractivity contribution in [3.63, 3.8) is 0 Å². The van der Waals surface area contributed by atoms with Crippen LogP contribution in [0.1, 0.15) is 17.9 Å². The van der Waals surface area contributed by atoms with Crippen LogP contribution in [0.15, 0.2) is 15.2 Å². The molecule has 0 saturated carbocycles. The molecule has 2 atom stereocenters. The third-order valence-corrected chi connectivity index (χ3v) is 5.39. The third-order valence-electron chi connectivity index (χ3n) is 2.12. The van der Waals surface area contributed by atoms with E-state index in [2.05, 4.69) is 38.9 Å². The molecule has 13 heavy (non-hydrogen) atoms. The molecule has 1 nitrogen and oxygen atoms in total. The fourth-order valence-electron chi connectivity index (χ4n) is 1.36. The first-order chi connectivity index (χ1) is 6.27. The van der Waals surface area contributed by atoms with Gasteiger partial charge in [0, 0.05) is 15.4 Å². The smallest absolute Gasteiger partial charge is 0.0808 e. The van der Waals surface area contributed by atoms with Crippen LogP contribution in [0.5, 0.6) is 0 Å². The van der Waals surface area contributed by atoms with Crippen molar-refractivity contribution < 1.29 is 0 Å². The highest BCUT2D eigenvalue weighted by atomic mass is 79.9. The molecule has 0 aromatic carbocycles. The van der Waals surface area contributed by atoms with Crippen molar-refractivity contribution in [3.8, 4) is 0 Å². The summed E-state index contributed by atoms with van der Waals surface area (Å²) in [5.41, 5.74) is 1.40. The zero-order chi connectivity index (χ0) is 9.26. The third kappa shape index (κ3) is 2.29. The van der Waals surface area contributed by atoms with Crippen LogP contribution in [0.2, 0.25) is 0 Å². The molecule has 1 aromatic rings. The zero-order valence-corrected chi connectivity index (χ0v) is 10.6. The number of hydrogen-bond donors (Lipinski definition) is 1. The predicted octanol–water partition coefficient (Wildman–Crippen LogP) is 3.48. The van der Waals surface area contributed by atoms with Gasteiger partial charge >= 0.3 is 0 Å². The minimum absolute atomic E-state index is 0.497. The average molecular weight is 278 g/mol. The molecule has 2 unspecified atom stereocenters. The summed E-state index contributed by atoms with van der Waals surface area (Å²) in [7, 11) is 0. The van der Waals surface area contributed by atoms with Crippen LogP contribution >= 0.6 is 39.0 Å². The standard InChI is InChI=1S/C9H12BrNS2/c1-6-2-11-9(13-3-6)7-4-12-5-8(7)10/h4-6,9,11H,2-3H2,1H3. The monoisotopic (exact) mass is 277 g/mol. The van der Waals surface area contributed by atoms with Gasteiger partial charge in [-0.1, -0.05) is 6.92 Å².